The first-order chi connectivity index (χ1) is 11.9. The predicted octanol–water partition coefficient (Wildman–Crippen LogP) is 1.97. The van der Waals surface area contributed by atoms with Gasteiger partial charge >= 0.3 is 0 Å². The van der Waals surface area contributed by atoms with Crippen molar-refractivity contribution in [3.05, 3.63) is 30.1 Å². The number of amides is 1. The van der Waals surface area contributed by atoms with Crippen LogP contribution >= 0.6 is 0 Å². The molecule has 25 heavy (non-hydrogen) atoms. The molecule has 2 heterocycles. The number of aryl methyl sites for hydroxylation is 1. The molecule has 1 aliphatic rings. The molecular formula is C18H29N3O3S. The zero-order valence-corrected chi connectivity index (χ0v) is 15.8. The van der Waals surface area contributed by atoms with E-state index in [1.54, 1.807) is 10.5 Å². The summed E-state index contributed by atoms with van der Waals surface area (Å²) in [6, 6.07) is 5.73. The van der Waals surface area contributed by atoms with Crippen molar-refractivity contribution in [2.75, 3.05) is 25.9 Å². The molecule has 0 unspecified atom stereocenters. The van der Waals surface area contributed by atoms with Crippen LogP contribution in [0, 0.1) is 5.92 Å². The third kappa shape index (κ3) is 7.52. The second-order valence-electron chi connectivity index (χ2n) is 6.77. The standard InChI is InChI=1S/C18H29N3O3S/c1-25(23,24)21-14-10-16(11-15-21)6-2-4-13-20-18(22)9-8-17-7-3-5-12-19-17/h3,5,7,12,16H,2,4,6,8-11,13-15H2,1H3,(H,20,22). The van der Waals surface area contributed by atoms with Crippen molar-refractivity contribution in [2.24, 2.45) is 5.92 Å². The fourth-order valence-electron chi connectivity index (χ4n) is 3.19. The topological polar surface area (TPSA) is 79.4 Å². The minimum absolute atomic E-state index is 0.0760. The van der Waals surface area contributed by atoms with Gasteiger partial charge in [0.2, 0.25) is 15.9 Å². The number of sulfonamides is 1. The molecule has 1 fully saturated rings. The van der Waals surface area contributed by atoms with Crippen molar-refractivity contribution in [2.45, 2.75) is 44.9 Å². The average molecular weight is 368 g/mol. The van der Waals surface area contributed by atoms with Gasteiger partial charge in [-0.1, -0.05) is 18.9 Å². The highest BCUT2D eigenvalue weighted by Crippen LogP contribution is 2.23. The Morgan fingerprint density at radius 3 is 2.68 bits per heavy atom. The maximum absolute atomic E-state index is 11.8. The number of nitrogens with zero attached hydrogens (tertiary/aromatic N) is 2. The monoisotopic (exact) mass is 367 g/mol. The largest absolute Gasteiger partial charge is 0.356 e. The number of pyridine rings is 1. The molecule has 0 saturated carbocycles. The van der Waals surface area contributed by atoms with Crippen LogP contribution in [0.15, 0.2) is 24.4 Å². The van der Waals surface area contributed by atoms with Crippen molar-refractivity contribution >= 4 is 15.9 Å². The Morgan fingerprint density at radius 2 is 2.04 bits per heavy atom. The van der Waals surface area contributed by atoms with Gasteiger partial charge in [0.25, 0.3) is 0 Å². The molecule has 2 rings (SSSR count). The van der Waals surface area contributed by atoms with Crippen LogP contribution in [-0.4, -0.2) is 49.5 Å². The minimum atomic E-state index is -3.03. The third-order valence-electron chi connectivity index (χ3n) is 4.74. The molecule has 7 heteroatoms. The highest BCUT2D eigenvalue weighted by atomic mass is 32.2. The Labute approximate surface area is 151 Å². The molecule has 0 atom stereocenters. The lowest BCUT2D eigenvalue weighted by Crippen LogP contribution is -2.37. The van der Waals surface area contributed by atoms with Crippen LogP contribution in [0.5, 0.6) is 0 Å². The van der Waals surface area contributed by atoms with Crippen LogP contribution in [0.2, 0.25) is 0 Å². The van der Waals surface area contributed by atoms with Gasteiger partial charge in [-0.2, -0.15) is 0 Å². The number of nitrogens with one attached hydrogen (secondary N) is 1. The fraction of sp³-hybridized carbons (Fsp3) is 0.667. The maximum Gasteiger partial charge on any atom is 0.220 e. The molecule has 1 aromatic heterocycles. The number of carbonyl (C=O) groups excluding carboxylic acids is 1. The van der Waals surface area contributed by atoms with Crippen LogP contribution in [-0.2, 0) is 21.2 Å². The van der Waals surface area contributed by atoms with Gasteiger partial charge in [0.05, 0.1) is 6.26 Å². The molecule has 1 N–H and O–H groups in total. The van der Waals surface area contributed by atoms with Gasteiger partial charge in [-0.25, -0.2) is 12.7 Å². The van der Waals surface area contributed by atoms with Gasteiger partial charge in [0, 0.05) is 37.9 Å². The summed E-state index contributed by atoms with van der Waals surface area (Å²) in [5.74, 6) is 0.685. The van der Waals surface area contributed by atoms with Crippen LogP contribution in [0.1, 0.15) is 44.2 Å². The smallest absolute Gasteiger partial charge is 0.220 e. The summed E-state index contributed by atoms with van der Waals surface area (Å²) >= 11 is 0. The van der Waals surface area contributed by atoms with Crippen molar-refractivity contribution in [1.29, 1.82) is 0 Å². The maximum atomic E-state index is 11.8. The highest BCUT2D eigenvalue weighted by molar-refractivity contribution is 7.88. The van der Waals surface area contributed by atoms with E-state index in [4.69, 9.17) is 0 Å². The number of unbranched alkanes of at least 4 members (excludes halogenated alkanes) is 1. The van der Waals surface area contributed by atoms with Gasteiger partial charge in [0.1, 0.15) is 0 Å². The Morgan fingerprint density at radius 1 is 1.28 bits per heavy atom. The minimum Gasteiger partial charge on any atom is -0.356 e. The Bertz CT molecular complexity index is 626. The van der Waals surface area contributed by atoms with Gasteiger partial charge in [-0.3, -0.25) is 9.78 Å². The highest BCUT2D eigenvalue weighted by Gasteiger charge is 2.24. The first kappa shape index (κ1) is 19.8. The number of rotatable bonds is 9. The lowest BCUT2D eigenvalue weighted by molar-refractivity contribution is -0.121. The Kier molecular flexibility index (Phi) is 7.84. The van der Waals surface area contributed by atoms with E-state index in [2.05, 4.69) is 10.3 Å². The average Bonchev–Trinajstić information content (AvgIpc) is 2.60. The molecule has 0 radical (unpaired) electrons. The number of aromatic nitrogens is 1. The van der Waals surface area contributed by atoms with Gasteiger partial charge in [-0.15, -0.1) is 0 Å². The molecule has 140 valence electrons. The Hall–Kier alpha value is -1.47. The summed E-state index contributed by atoms with van der Waals surface area (Å²) < 4.78 is 24.5. The lowest BCUT2D eigenvalue weighted by atomic mass is 9.92. The van der Waals surface area contributed by atoms with E-state index in [-0.39, 0.29) is 5.91 Å². The zero-order chi connectivity index (χ0) is 18.1. The molecule has 1 saturated heterocycles. The SMILES string of the molecule is CS(=O)(=O)N1CCC(CCCCNC(=O)CCc2ccccn2)CC1. The second-order valence-corrected chi connectivity index (χ2v) is 8.75. The summed E-state index contributed by atoms with van der Waals surface area (Å²) in [6.07, 6.45) is 9.23. The molecule has 1 amide bonds. The first-order valence-corrected chi connectivity index (χ1v) is 10.9. The summed E-state index contributed by atoms with van der Waals surface area (Å²) in [5, 5.41) is 2.96. The van der Waals surface area contributed by atoms with Crippen LogP contribution < -0.4 is 5.32 Å². The van der Waals surface area contributed by atoms with E-state index in [0.717, 1.165) is 37.8 Å². The molecule has 0 aromatic carbocycles. The van der Waals surface area contributed by atoms with E-state index >= 15 is 0 Å². The first-order valence-electron chi connectivity index (χ1n) is 9.07. The number of hydrogen-bond acceptors (Lipinski definition) is 4. The molecule has 0 spiro atoms. The van der Waals surface area contributed by atoms with Crippen LogP contribution in [0.25, 0.3) is 0 Å². The Balaban J connectivity index is 1.50. The second kappa shape index (κ2) is 9.87. The van der Waals surface area contributed by atoms with Crippen LogP contribution in [0.4, 0.5) is 0 Å². The summed E-state index contributed by atoms with van der Waals surface area (Å²) in [5.41, 5.74) is 0.943. The molecule has 0 aliphatic carbocycles. The van der Waals surface area contributed by atoms with E-state index in [9.17, 15) is 13.2 Å². The van der Waals surface area contributed by atoms with Crippen molar-refractivity contribution < 1.29 is 13.2 Å². The van der Waals surface area contributed by atoms with E-state index in [1.807, 2.05) is 18.2 Å². The van der Waals surface area contributed by atoms with E-state index in [0.29, 0.717) is 38.4 Å². The third-order valence-corrected chi connectivity index (χ3v) is 6.04. The van der Waals surface area contributed by atoms with Crippen molar-refractivity contribution in [3.8, 4) is 0 Å². The van der Waals surface area contributed by atoms with Crippen molar-refractivity contribution in [1.82, 2.24) is 14.6 Å². The normalized spacial score (nSPS) is 16.7. The van der Waals surface area contributed by atoms with Gasteiger partial charge in [-0.05, 0) is 43.7 Å². The fourth-order valence-corrected chi connectivity index (χ4v) is 4.07. The number of piperidine rings is 1. The van der Waals surface area contributed by atoms with Crippen LogP contribution in [0.3, 0.4) is 0 Å². The molecule has 6 nitrogen and oxygen atoms in total. The van der Waals surface area contributed by atoms with Gasteiger partial charge < -0.3 is 5.32 Å². The quantitative estimate of drug-likeness (QED) is 0.677. The van der Waals surface area contributed by atoms with E-state index in [1.165, 1.54) is 6.26 Å². The van der Waals surface area contributed by atoms with Gasteiger partial charge in [0.15, 0.2) is 0 Å². The molecular weight excluding hydrogens is 338 g/mol. The molecule has 0 bridgehead atoms. The zero-order valence-electron chi connectivity index (χ0n) is 15.0. The lowest BCUT2D eigenvalue weighted by Gasteiger charge is -2.30. The van der Waals surface area contributed by atoms with E-state index < -0.39 is 10.0 Å². The molecule has 1 aromatic rings. The summed E-state index contributed by atoms with van der Waals surface area (Å²) in [7, 11) is -3.03. The summed E-state index contributed by atoms with van der Waals surface area (Å²) in [6.45, 7) is 2.00. The number of carbonyl (C=O) groups is 1. The predicted molar refractivity (Wildman–Crippen MR) is 98.6 cm³/mol. The molecule has 1 aliphatic heterocycles. The number of hydrogen-bond donors (Lipinski definition) is 1. The summed E-state index contributed by atoms with van der Waals surface area (Å²) in [4.78, 5) is 16.0. The van der Waals surface area contributed by atoms with Crippen molar-refractivity contribution in [3.63, 3.8) is 0 Å².